The van der Waals surface area contributed by atoms with Crippen molar-refractivity contribution in [1.29, 1.82) is 0 Å². The summed E-state index contributed by atoms with van der Waals surface area (Å²) in [5.74, 6) is 0. The van der Waals surface area contributed by atoms with Crippen molar-refractivity contribution < 1.29 is 0 Å². The van der Waals surface area contributed by atoms with Crippen molar-refractivity contribution in [2.45, 2.75) is 38.5 Å². The summed E-state index contributed by atoms with van der Waals surface area (Å²) in [6, 6.07) is 56.3. The van der Waals surface area contributed by atoms with Crippen molar-refractivity contribution in [3.05, 3.63) is 185 Å². The monoisotopic (exact) mass is 653 g/mol. The number of rotatable bonds is 5. The van der Waals surface area contributed by atoms with Crippen molar-refractivity contribution in [3.8, 4) is 11.1 Å². The summed E-state index contributed by atoms with van der Waals surface area (Å²) in [6.45, 7) is 9.45. The van der Waals surface area contributed by atoms with Crippen LogP contribution in [-0.4, -0.2) is 0 Å². The first-order valence-electron chi connectivity index (χ1n) is 18.1. The van der Waals surface area contributed by atoms with Crippen LogP contribution in [0, 0.1) is 0 Å². The van der Waals surface area contributed by atoms with Gasteiger partial charge in [0, 0.05) is 27.6 Å². The van der Waals surface area contributed by atoms with Gasteiger partial charge in [-0.1, -0.05) is 155 Å². The highest BCUT2D eigenvalue weighted by Crippen LogP contribution is 2.52. The lowest BCUT2D eigenvalue weighted by Crippen LogP contribution is -2.16. The van der Waals surface area contributed by atoms with Gasteiger partial charge in [0.2, 0.25) is 0 Å². The molecular weight excluding hydrogens is 615 g/mol. The molecule has 244 valence electrons. The second-order valence-electron chi connectivity index (χ2n) is 15.4. The minimum absolute atomic E-state index is 0.0316. The Balaban J connectivity index is 1.09. The molecule has 0 aromatic heterocycles. The third-order valence-corrected chi connectivity index (χ3v) is 11.8. The van der Waals surface area contributed by atoms with Gasteiger partial charge < -0.3 is 4.90 Å². The molecule has 2 aliphatic carbocycles. The normalized spacial score (nSPS) is 14.9. The van der Waals surface area contributed by atoms with E-state index in [-0.39, 0.29) is 10.8 Å². The average molecular weight is 654 g/mol. The van der Waals surface area contributed by atoms with Gasteiger partial charge in [0.1, 0.15) is 0 Å². The van der Waals surface area contributed by atoms with Gasteiger partial charge in [-0.2, -0.15) is 0 Å². The Morgan fingerprint density at radius 2 is 1.12 bits per heavy atom. The van der Waals surface area contributed by atoms with Crippen LogP contribution in [0.25, 0.3) is 55.6 Å². The molecule has 8 aromatic rings. The van der Waals surface area contributed by atoms with Gasteiger partial charge >= 0.3 is 0 Å². The number of hydrogen-bond acceptors (Lipinski definition) is 1. The number of benzene rings is 8. The van der Waals surface area contributed by atoms with E-state index in [2.05, 4.69) is 196 Å². The number of anilines is 3. The Kier molecular flexibility index (Phi) is 6.34. The van der Waals surface area contributed by atoms with Gasteiger partial charge in [-0.05, 0) is 108 Å². The molecule has 0 atom stereocenters. The minimum atomic E-state index is -0.0763. The van der Waals surface area contributed by atoms with E-state index in [0.717, 1.165) is 5.69 Å². The maximum atomic E-state index is 2.43. The predicted octanol–water partition coefficient (Wildman–Crippen LogP) is 13.7. The molecular formula is C50H39N. The lowest BCUT2D eigenvalue weighted by atomic mass is 9.81. The molecule has 0 heterocycles. The molecule has 2 aliphatic rings. The minimum Gasteiger partial charge on any atom is -0.310 e. The zero-order valence-corrected chi connectivity index (χ0v) is 29.5. The molecule has 0 radical (unpaired) electrons. The zero-order chi connectivity index (χ0) is 34.5. The zero-order valence-electron chi connectivity index (χ0n) is 29.5. The molecule has 1 heteroatoms. The molecule has 0 N–H and O–H groups in total. The first-order valence-corrected chi connectivity index (χ1v) is 18.1. The second-order valence-corrected chi connectivity index (χ2v) is 15.4. The van der Waals surface area contributed by atoms with Crippen molar-refractivity contribution >= 4 is 61.5 Å². The quantitative estimate of drug-likeness (QED) is 0.132. The molecule has 0 fully saturated rings. The Morgan fingerprint density at radius 3 is 1.98 bits per heavy atom. The van der Waals surface area contributed by atoms with Crippen molar-refractivity contribution in [3.63, 3.8) is 0 Å². The van der Waals surface area contributed by atoms with Crippen LogP contribution in [0.1, 0.15) is 61.1 Å². The molecule has 0 spiro atoms. The Hall–Kier alpha value is -5.92. The highest BCUT2D eigenvalue weighted by Gasteiger charge is 2.36. The van der Waals surface area contributed by atoms with Gasteiger partial charge in [-0.3, -0.25) is 0 Å². The summed E-state index contributed by atoms with van der Waals surface area (Å²) < 4.78 is 0. The molecule has 0 unspecified atom stereocenters. The smallest absolute Gasteiger partial charge is 0.0540 e. The fourth-order valence-electron chi connectivity index (χ4n) is 9.19. The first-order chi connectivity index (χ1) is 24.8. The highest BCUT2D eigenvalue weighted by molar-refractivity contribution is 6.15. The summed E-state index contributed by atoms with van der Waals surface area (Å²) >= 11 is 0. The number of fused-ring (bicyclic) bond motifs is 4. The summed E-state index contributed by atoms with van der Waals surface area (Å²) in [4.78, 5) is 2.43. The Labute approximate surface area is 300 Å². The van der Waals surface area contributed by atoms with Crippen LogP contribution in [0.15, 0.2) is 152 Å². The van der Waals surface area contributed by atoms with Gasteiger partial charge in [0.15, 0.2) is 0 Å². The predicted molar refractivity (Wildman–Crippen MR) is 219 cm³/mol. The number of para-hydroxylation sites is 1. The summed E-state index contributed by atoms with van der Waals surface area (Å²) in [5.41, 5.74) is 14.1. The molecule has 0 amide bonds. The van der Waals surface area contributed by atoms with Crippen LogP contribution < -0.4 is 4.90 Å². The van der Waals surface area contributed by atoms with Crippen LogP contribution in [-0.2, 0) is 10.8 Å². The van der Waals surface area contributed by atoms with E-state index in [9.17, 15) is 0 Å². The van der Waals surface area contributed by atoms with Crippen LogP contribution in [0.5, 0.6) is 0 Å². The average Bonchev–Trinajstić information content (AvgIpc) is 3.54. The van der Waals surface area contributed by atoms with Crippen LogP contribution >= 0.6 is 0 Å². The van der Waals surface area contributed by atoms with E-state index in [1.807, 2.05) is 0 Å². The van der Waals surface area contributed by atoms with Crippen molar-refractivity contribution in [1.82, 2.24) is 0 Å². The van der Waals surface area contributed by atoms with E-state index in [0.29, 0.717) is 0 Å². The van der Waals surface area contributed by atoms with Gasteiger partial charge in [-0.25, -0.2) is 0 Å². The third-order valence-electron chi connectivity index (χ3n) is 11.8. The Morgan fingerprint density at radius 1 is 0.431 bits per heavy atom. The number of hydrogen-bond donors (Lipinski definition) is 0. The maximum Gasteiger partial charge on any atom is 0.0540 e. The van der Waals surface area contributed by atoms with Crippen LogP contribution in [0.3, 0.4) is 0 Å². The first kappa shape index (κ1) is 29.9. The van der Waals surface area contributed by atoms with Gasteiger partial charge in [0.05, 0.1) is 5.69 Å². The summed E-state index contributed by atoms with van der Waals surface area (Å²) in [7, 11) is 0. The van der Waals surface area contributed by atoms with E-state index in [1.165, 1.54) is 88.2 Å². The van der Waals surface area contributed by atoms with Crippen LogP contribution in [0.2, 0.25) is 0 Å². The summed E-state index contributed by atoms with van der Waals surface area (Å²) in [5, 5.41) is 7.95. The van der Waals surface area contributed by atoms with Gasteiger partial charge in [0.25, 0.3) is 0 Å². The fraction of sp³-hybridized carbons (Fsp3) is 0.120. The molecule has 51 heavy (non-hydrogen) atoms. The molecule has 0 saturated heterocycles. The second kappa shape index (κ2) is 10.8. The molecule has 1 nitrogen and oxygen atoms in total. The van der Waals surface area contributed by atoms with E-state index >= 15 is 0 Å². The molecule has 10 rings (SSSR count). The third kappa shape index (κ3) is 4.34. The SMILES string of the molecule is CC1(C)c2ccccc2-c2ccc(N(c3ccccc3)c3ccc(/C=C/c4cc5c6c(ccc7cccc(c76)C5(C)C)c4)c4ccccc34)cc21. The van der Waals surface area contributed by atoms with Crippen molar-refractivity contribution in [2.75, 3.05) is 4.90 Å². The van der Waals surface area contributed by atoms with E-state index in [4.69, 9.17) is 0 Å². The fourth-order valence-corrected chi connectivity index (χ4v) is 9.19. The molecule has 0 bridgehead atoms. The largest absolute Gasteiger partial charge is 0.310 e. The molecule has 0 saturated carbocycles. The van der Waals surface area contributed by atoms with Crippen molar-refractivity contribution in [2.24, 2.45) is 0 Å². The highest BCUT2D eigenvalue weighted by atomic mass is 15.1. The van der Waals surface area contributed by atoms with Crippen LogP contribution in [0.4, 0.5) is 17.1 Å². The molecule has 8 aromatic carbocycles. The molecule has 0 aliphatic heterocycles. The van der Waals surface area contributed by atoms with E-state index in [1.54, 1.807) is 0 Å². The number of nitrogens with zero attached hydrogens (tertiary/aromatic N) is 1. The Bertz CT molecular complexity index is 2740. The lowest BCUT2D eigenvalue weighted by molar-refractivity contribution is 0.660. The van der Waals surface area contributed by atoms with Gasteiger partial charge in [-0.15, -0.1) is 0 Å². The maximum absolute atomic E-state index is 2.43. The topological polar surface area (TPSA) is 3.24 Å². The lowest BCUT2D eigenvalue weighted by Gasteiger charge is -2.29. The standard InChI is InChI=1S/C50H39N/c1-49(2)42-19-11-10-17-39(42)40-27-26-37(31-44(40)49)51(36-14-6-5-7-15-36)46-28-25-33(38-16-8-9-18-41(38)46)22-21-32-29-35-24-23-34-13-12-20-43-47(34)48(35)45(30-32)50(43,3)4/h5-31H,1-4H3/b22-21+. The summed E-state index contributed by atoms with van der Waals surface area (Å²) in [6.07, 6.45) is 4.60. The van der Waals surface area contributed by atoms with E-state index < -0.39 is 0 Å².